The van der Waals surface area contributed by atoms with E-state index in [4.69, 9.17) is 4.74 Å². The maximum Gasteiger partial charge on any atom is 0.251 e. The highest BCUT2D eigenvalue weighted by Gasteiger charge is 2.29. The van der Waals surface area contributed by atoms with Gasteiger partial charge in [0.25, 0.3) is 5.91 Å². The highest BCUT2D eigenvalue weighted by atomic mass is 19.1. The second-order valence-corrected chi connectivity index (χ2v) is 6.44. The lowest BCUT2D eigenvalue weighted by Crippen LogP contribution is -2.41. The number of halogens is 1. The Labute approximate surface area is 142 Å². The van der Waals surface area contributed by atoms with Gasteiger partial charge in [-0.2, -0.15) is 0 Å². The minimum Gasteiger partial charge on any atom is -0.368 e. The average Bonchev–Trinajstić information content (AvgIpc) is 3.03. The summed E-state index contributed by atoms with van der Waals surface area (Å²) in [7, 11) is 0. The Morgan fingerprint density at radius 1 is 1.17 bits per heavy atom. The molecule has 0 saturated carbocycles. The van der Waals surface area contributed by atoms with Gasteiger partial charge in [0, 0.05) is 39.3 Å². The Hall–Kier alpha value is -1.72. The van der Waals surface area contributed by atoms with Crippen molar-refractivity contribution in [2.75, 3.05) is 39.3 Å². The first-order chi connectivity index (χ1) is 11.7. The van der Waals surface area contributed by atoms with Crippen LogP contribution in [0.5, 0.6) is 0 Å². The Bertz CT molecular complexity index is 567. The fourth-order valence-electron chi connectivity index (χ4n) is 3.26. The lowest BCUT2D eigenvalue weighted by Gasteiger charge is -2.23. The summed E-state index contributed by atoms with van der Waals surface area (Å²) in [6, 6.07) is 6.49. The maximum absolute atomic E-state index is 12.9. The van der Waals surface area contributed by atoms with Gasteiger partial charge in [-0.15, -0.1) is 0 Å². The third-order valence-corrected chi connectivity index (χ3v) is 4.65. The van der Waals surface area contributed by atoms with Gasteiger partial charge in [0.05, 0.1) is 0 Å². The fraction of sp³-hybridized carbons (Fsp3) is 0.526. The first-order valence-electron chi connectivity index (χ1n) is 8.77. The van der Waals surface area contributed by atoms with Gasteiger partial charge < -0.3 is 9.64 Å². The Balaban J connectivity index is 1.46. The fourth-order valence-corrected chi connectivity index (χ4v) is 3.26. The monoisotopic (exact) mass is 332 g/mol. The van der Waals surface area contributed by atoms with Crippen molar-refractivity contribution in [2.45, 2.75) is 25.4 Å². The number of carbonyl (C=O) groups is 1. The molecule has 2 heterocycles. The van der Waals surface area contributed by atoms with Crippen LogP contribution in [0.4, 0.5) is 4.39 Å². The lowest BCUT2D eigenvalue weighted by atomic mass is 10.2. The summed E-state index contributed by atoms with van der Waals surface area (Å²) in [6.07, 6.45) is 6.74. The summed E-state index contributed by atoms with van der Waals surface area (Å²) < 4.78 is 18.4. The molecule has 0 aromatic heterocycles. The van der Waals surface area contributed by atoms with Crippen molar-refractivity contribution in [3.8, 4) is 0 Å². The summed E-state index contributed by atoms with van der Waals surface area (Å²) in [6.45, 7) is 5.01. The highest BCUT2D eigenvalue weighted by molar-refractivity contribution is 5.81. The normalized spacial score (nSPS) is 22.9. The van der Waals surface area contributed by atoms with Gasteiger partial charge in [0.15, 0.2) is 0 Å². The number of hydrogen-bond donors (Lipinski definition) is 0. The molecule has 3 rings (SSSR count). The molecule has 130 valence electrons. The first-order valence-corrected chi connectivity index (χ1v) is 8.77. The molecule has 0 spiro atoms. The van der Waals surface area contributed by atoms with Crippen molar-refractivity contribution in [3.63, 3.8) is 0 Å². The van der Waals surface area contributed by atoms with Gasteiger partial charge >= 0.3 is 0 Å². The van der Waals surface area contributed by atoms with E-state index in [0.29, 0.717) is 6.61 Å². The van der Waals surface area contributed by atoms with E-state index < -0.39 is 0 Å². The number of hydrogen-bond acceptors (Lipinski definition) is 3. The van der Waals surface area contributed by atoms with Gasteiger partial charge in [-0.3, -0.25) is 9.69 Å². The van der Waals surface area contributed by atoms with Crippen LogP contribution in [-0.4, -0.2) is 61.1 Å². The van der Waals surface area contributed by atoms with E-state index in [0.717, 1.165) is 57.5 Å². The van der Waals surface area contributed by atoms with E-state index in [1.165, 1.54) is 12.1 Å². The van der Waals surface area contributed by atoms with Crippen molar-refractivity contribution in [1.82, 2.24) is 9.80 Å². The summed E-state index contributed by atoms with van der Waals surface area (Å²) >= 11 is 0. The molecule has 0 radical (unpaired) electrons. The molecule has 2 aliphatic rings. The van der Waals surface area contributed by atoms with E-state index in [2.05, 4.69) is 11.0 Å². The molecule has 0 N–H and O–H groups in total. The SMILES string of the molecule is O=C(C1CCCO1)N1CCCN(C/C=C/c2ccc(F)cc2)CC1. The molecule has 1 unspecified atom stereocenters. The van der Waals surface area contributed by atoms with Gasteiger partial charge in [-0.05, 0) is 37.0 Å². The summed E-state index contributed by atoms with van der Waals surface area (Å²) in [5, 5.41) is 0. The second-order valence-electron chi connectivity index (χ2n) is 6.44. The molecule has 1 aromatic rings. The Kier molecular flexibility index (Phi) is 5.99. The molecule has 0 bridgehead atoms. The van der Waals surface area contributed by atoms with Crippen LogP contribution < -0.4 is 0 Å². The van der Waals surface area contributed by atoms with Crippen LogP contribution in [-0.2, 0) is 9.53 Å². The lowest BCUT2D eigenvalue weighted by molar-refractivity contribution is -0.140. The van der Waals surface area contributed by atoms with Crippen LogP contribution in [0.15, 0.2) is 30.3 Å². The zero-order valence-corrected chi connectivity index (χ0v) is 14.0. The standard InChI is InChI=1S/C19H25FN2O2/c20-17-8-6-16(7-9-17)4-1-10-21-11-3-12-22(14-13-21)19(23)18-5-2-15-24-18/h1,4,6-9,18H,2-3,5,10-15H2/b4-1+. The van der Waals surface area contributed by atoms with Crippen LogP contribution in [0, 0.1) is 5.82 Å². The predicted octanol–water partition coefficient (Wildman–Crippen LogP) is 2.55. The van der Waals surface area contributed by atoms with E-state index in [-0.39, 0.29) is 17.8 Å². The quantitative estimate of drug-likeness (QED) is 0.849. The molecule has 2 aliphatic heterocycles. The summed E-state index contributed by atoms with van der Waals surface area (Å²) in [4.78, 5) is 16.7. The molecule has 1 atom stereocenters. The molecule has 2 fully saturated rings. The number of amides is 1. The molecule has 5 heteroatoms. The minimum atomic E-state index is -0.213. The van der Waals surface area contributed by atoms with Crippen LogP contribution >= 0.6 is 0 Å². The number of rotatable bonds is 4. The molecule has 0 aliphatic carbocycles. The van der Waals surface area contributed by atoms with E-state index >= 15 is 0 Å². The van der Waals surface area contributed by atoms with Crippen molar-refractivity contribution < 1.29 is 13.9 Å². The molecular formula is C19H25FN2O2. The van der Waals surface area contributed by atoms with Crippen molar-refractivity contribution >= 4 is 12.0 Å². The zero-order chi connectivity index (χ0) is 16.8. The Morgan fingerprint density at radius 2 is 2.00 bits per heavy atom. The van der Waals surface area contributed by atoms with E-state index in [1.54, 1.807) is 12.1 Å². The van der Waals surface area contributed by atoms with Gasteiger partial charge in [-0.1, -0.05) is 24.3 Å². The third kappa shape index (κ3) is 4.65. The van der Waals surface area contributed by atoms with Crippen LogP contribution in [0.1, 0.15) is 24.8 Å². The molecule has 1 amide bonds. The molecule has 24 heavy (non-hydrogen) atoms. The van der Waals surface area contributed by atoms with Crippen LogP contribution in [0.25, 0.3) is 6.08 Å². The Morgan fingerprint density at radius 3 is 2.75 bits per heavy atom. The molecular weight excluding hydrogens is 307 g/mol. The highest BCUT2D eigenvalue weighted by Crippen LogP contribution is 2.16. The third-order valence-electron chi connectivity index (χ3n) is 4.65. The molecule has 2 saturated heterocycles. The average molecular weight is 332 g/mol. The van der Waals surface area contributed by atoms with Crippen LogP contribution in [0.3, 0.4) is 0 Å². The van der Waals surface area contributed by atoms with Crippen molar-refractivity contribution in [3.05, 3.63) is 41.7 Å². The molecule has 4 nitrogen and oxygen atoms in total. The van der Waals surface area contributed by atoms with Crippen molar-refractivity contribution in [1.29, 1.82) is 0 Å². The van der Waals surface area contributed by atoms with Gasteiger partial charge in [0.2, 0.25) is 0 Å². The smallest absolute Gasteiger partial charge is 0.251 e. The van der Waals surface area contributed by atoms with Gasteiger partial charge in [-0.25, -0.2) is 4.39 Å². The number of benzene rings is 1. The molecule has 1 aromatic carbocycles. The number of nitrogens with zero attached hydrogens (tertiary/aromatic N) is 2. The zero-order valence-electron chi connectivity index (χ0n) is 14.0. The van der Waals surface area contributed by atoms with E-state index in [1.807, 2.05) is 11.0 Å². The minimum absolute atomic E-state index is 0.163. The number of ether oxygens (including phenoxy) is 1. The van der Waals surface area contributed by atoms with Crippen molar-refractivity contribution in [2.24, 2.45) is 0 Å². The summed E-state index contributed by atoms with van der Waals surface area (Å²) in [5.41, 5.74) is 1.00. The largest absolute Gasteiger partial charge is 0.368 e. The second kappa shape index (κ2) is 8.40. The predicted molar refractivity (Wildman–Crippen MR) is 92.0 cm³/mol. The first kappa shape index (κ1) is 17.1. The van der Waals surface area contributed by atoms with Gasteiger partial charge in [0.1, 0.15) is 11.9 Å². The summed E-state index contributed by atoms with van der Waals surface area (Å²) in [5.74, 6) is -0.0492. The van der Waals surface area contributed by atoms with E-state index in [9.17, 15) is 9.18 Å². The topological polar surface area (TPSA) is 32.8 Å². The maximum atomic E-state index is 12.9. The van der Waals surface area contributed by atoms with Crippen LogP contribution in [0.2, 0.25) is 0 Å². The number of carbonyl (C=O) groups excluding carboxylic acids is 1.